The lowest BCUT2D eigenvalue weighted by atomic mass is 9.83. The van der Waals surface area contributed by atoms with Crippen LogP contribution in [0.1, 0.15) is 90.9 Å². The molecule has 6 fully saturated rings. The lowest BCUT2D eigenvalue weighted by Gasteiger charge is -2.40. The van der Waals surface area contributed by atoms with Crippen molar-refractivity contribution in [1.82, 2.24) is 58.1 Å². The molecule has 0 aromatic rings. The zero-order valence-corrected chi connectivity index (χ0v) is 33.9. The maximum absolute atomic E-state index is 6.25. The van der Waals surface area contributed by atoms with E-state index < -0.39 is 0 Å². The SMILES string of the molecule is CC.CNC1CCNC(NC2CCC(OC)C(CNCCN3CCC3)C2)N1.CNC1CCNC(NC2CCC(OC)C(OCCC3CCCN3)C2)N1. The standard InChI is InChI=1S/C18H38N6O.C18H37N5O2.C2H6/c1-19-17-6-7-21-18(23-17)22-15-4-5-16(25-2)14(12-15)13-20-8-11-24-9-3-10-24;1-19-17-7-10-21-18(23-17)22-14-5-6-15(24-2)16(12-14)25-11-8-13-4-3-9-20-13;1-2/h14-23H,3-13H2,1-2H3;13-23H,3-12H2,1-2H3;1-2H3. The Labute approximate surface area is 317 Å². The van der Waals surface area contributed by atoms with E-state index in [-0.39, 0.29) is 24.8 Å². The summed E-state index contributed by atoms with van der Waals surface area (Å²) in [5.74, 6) is 0.594. The number of hydrogen-bond acceptors (Lipinski definition) is 14. The molecule has 4 saturated heterocycles. The molecule has 0 aromatic carbocycles. The van der Waals surface area contributed by atoms with Crippen molar-refractivity contribution in [3.05, 3.63) is 0 Å². The van der Waals surface area contributed by atoms with Gasteiger partial charge in [0.1, 0.15) is 12.6 Å². The quantitative estimate of drug-likeness (QED) is 0.0948. The Bertz CT molecular complexity index is 902. The van der Waals surface area contributed by atoms with E-state index in [1.165, 1.54) is 51.7 Å². The number of ether oxygens (including phenoxy) is 3. The molecule has 6 rings (SSSR count). The van der Waals surface area contributed by atoms with Crippen LogP contribution in [0.3, 0.4) is 0 Å². The van der Waals surface area contributed by atoms with Crippen molar-refractivity contribution in [3.63, 3.8) is 0 Å². The molecule has 11 unspecified atom stereocenters. The van der Waals surface area contributed by atoms with Crippen molar-refractivity contribution in [2.24, 2.45) is 5.92 Å². The zero-order chi connectivity index (χ0) is 37.0. The van der Waals surface area contributed by atoms with E-state index >= 15 is 0 Å². The summed E-state index contributed by atoms with van der Waals surface area (Å²) in [6.07, 6.45) is 16.0. The molecule has 6 aliphatic rings. The second-order valence-corrected chi connectivity index (χ2v) is 15.4. The molecule has 0 radical (unpaired) electrons. The van der Waals surface area contributed by atoms with E-state index in [4.69, 9.17) is 14.2 Å². The minimum Gasteiger partial charge on any atom is -0.381 e. The molecule has 0 bridgehead atoms. The highest BCUT2D eigenvalue weighted by Gasteiger charge is 2.34. The predicted molar refractivity (Wildman–Crippen MR) is 212 cm³/mol. The summed E-state index contributed by atoms with van der Waals surface area (Å²) >= 11 is 0. The molecule has 0 aromatic heterocycles. The van der Waals surface area contributed by atoms with Gasteiger partial charge in [-0.3, -0.25) is 31.9 Å². The molecule has 11 atom stereocenters. The molecule has 4 heterocycles. The lowest BCUT2D eigenvalue weighted by molar-refractivity contribution is -0.0854. The predicted octanol–water partition coefficient (Wildman–Crippen LogP) is 0.576. The Kier molecular flexibility index (Phi) is 21.7. The van der Waals surface area contributed by atoms with Crippen molar-refractivity contribution in [2.45, 2.75) is 152 Å². The van der Waals surface area contributed by atoms with Crippen LogP contribution in [-0.2, 0) is 14.2 Å². The minimum absolute atomic E-state index is 0.165. The van der Waals surface area contributed by atoms with Gasteiger partial charge < -0.3 is 40.4 Å². The van der Waals surface area contributed by atoms with Gasteiger partial charge in [0.2, 0.25) is 0 Å². The highest BCUT2D eigenvalue weighted by Crippen LogP contribution is 2.27. The first-order valence-electron chi connectivity index (χ1n) is 21.3. The molecular formula is C38H81N11O3. The summed E-state index contributed by atoms with van der Waals surface area (Å²) in [7, 11) is 7.71. The van der Waals surface area contributed by atoms with E-state index in [0.717, 1.165) is 84.3 Å². The van der Waals surface area contributed by atoms with Crippen LogP contribution in [0, 0.1) is 5.92 Å². The summed E-state index contributed by atoms with van der Waals surface area (Å²) in [4.78, 5) is 2.52. The molecular weight excluding hydrogens is 658 g/mol. The molecule has 52 heavy (non-hydrogen) atoms. The number of nitrogens with one attached hydrogen (secondary N) is 10. The first-order chi connectivity index (χ1) is 25.6. The molecule has 4 aliphatic heterocycles. The van der Waals surface area contributed by atoms with Gasteiger partial charge in [-0.25, -0.2) is 0 Å². The third kappa shape index (κ3) is 15.2. The fourth-order valence-corrected chi connectivity index (χ4v) is 8.68. The summed E-state index contributed by atoms with van der Waals surface area (Å²) in [5.41, 5.74) is 0. The first-order valence-corrected chi connectivity index (χ1v) is 21.3. The van der Waals surface area contributed by atoms with Gasteiger partial charge in [-0.2, -0.15) is 0 Å². The molecule has 10 N–H and O–H groups in total. The highest BCUT2D eigenvalue weighted by molar-refractivity contribution is 4.90. The van der Waals surface area contributed by atoms with Crippen LogP contribution in [0.15, 0.2) is 0 Å². The van der Waals surface area contributed by atoms with Gasteiger partial charge in [-0.15, -0.1) is 0 Å². The first kappa shape index (κ1) is 44.2. The summed E-state index contributed by atoms with van der Waals surface area (Å²) in [6, 6.07) is 1.66. The number of likely N-dealkylation sites (tertiary alicyclic amines) is 1. The molecule has 0 spiro atoms. The number of hydrogen-bond donors (Lipinski definition) is 10. The molecule has 14 heteroatoms. The normalized spacial score (nSPS) is 36.9. The zero-order valence-electron chi connectivity index (χ0n) is 33.9. The Morgan fingerprint density at radius 3 is 1.87 bits per heavy atom. The Balaban J connectivity index is 0.000000222. The third-order valence-electron chi connectivity index (χ3n) is 12.0. The number of rotatable bonds is 17. The van der Waals surface area contributed by atoms with Crippen LogP contribution in [-0.4, -0.2) is 154 Å². The van der Waals surface area contributed by atoms with Crippen molar-refractivity contribution in [2.75, 3.05) is 87.3 Å². The third-order valence-corrected chi connectivity index (χ3v) is 12.0. The van der Waals surface area contributed by atoms with Crippen LogP contribution in [0.25, 0.3) is 0 Å². The van der Waals surface area contributed by atoms with Crippen LogP contribution in [0.4, 0.5) is 0 Å². The van der Waals surface area contributed by atoms with E-state index in [0.29, 0.717) is 42.5 Å². The molecule has 14 nitrogen and oxygen atoms in total. The van der Waals surface area contributed by atoms with Gasteiger partial charge in [-0.1, -0.05) is 13.8 Å². The second-order valence-electron chi connectivity index (χ2n) is 15.4. The smallest absolute Gasteiger partial charge is 0.113 e. The maximum Gasteiger partial charge on any atom is 0.113 e. The summed E-state index contributed by atoms with van der Waals surface area (Å²) in [6.45, 7) is 14.0. The number of nitrogens with zero attached hydrogens (tertiary/aromatic N) is 1. The van der Waals surface area contributed by atoms with Gasteiger partial charge in [0.05, 0.1) is 30.6 Å². The fraction of sp³-hybridized carbons (Fsp3) is 1.00. The lowest BCUT2D eigenvalue weighted by Crippen LogP contribution is -2.65. The molecule has 0 amide bonds. The van der Waals surface area contributed by atoms with E-state index in [2.05, 4.69) is 58.1 Å². The van der Waals surface area contributed by atoms with Gasteiger partial charge >= 0.3 is 0 Å². The summed E-state index contributed by atoms with van der Waals surface area (Å²) < 4.78 is 17.7. The molecule has 2 aliphatic carbocycles. The van der Waals surface area contributed by atoms with Gasteiger partial charge in [-0.05, 0) is 117 Å². The average Bonchev–Trinajstić information content (AvgIpc) is 3.69. The molecule has 306 valence electrons. The number of methoxy groups -OCH3 is 2. The Hall–Kier alpha value is -0.560. The fourth-order valence-electron chi connectivity index (χ4n) is 8.68. The second kappa shape index (κ2) is 25.6. The van der Waals surface area contributed by atoms with Crippen LogP contribution in [0.2, 0.25) is 0 Å². The average molecular weight is 740 g/mol. The van der Waals surface area contributed by atoms with Crippen molar-refractivity contribution in [3.8, 4) is 0 Å². The largest absolute Gasteiger partial charge is 0.381 e. The topological polar surface area (TPSA) is 151 Å². The van der Waals surface area contributed by atoms with Crippen LogP contribution in [0.5, 0.6) is 0 Å². The van der Waals surface area contributed by atoms with E-state index in [1.807, 2.05) is 42.2 Å². The van der Waals surface area contributed by atoms with E-state index in [9.17, 15) is 0 Å². The van der Waals surface area contributed by atoms with Gasteiger partial charge in [0.25, 0.3) is 0 Å². The Morgan fingerprint density at radius 1 is 0.673 bits per heavy atom. The van der Waals surface area contributed by atoms with Crippen molar-refractivity contribution < 1.29 is 14.2 Å². The van der Waals surface area contributed by atoms with Crippen molar-refractivity contribution >= 4 is 0 Å². The van der Waals surface area contributed by atoms with E-state index in [1.54, 1.807) is 0 Å². The Morgan fingerprint density at radius 2 is 1.31 bits per heavy atom. The summed E-state index contributed by atoms with van der Waals surface area (Å²) in [5, 5.41) is 35.5. The highest BCUT2D eigenvalue weighted by atomic mass is 16.5. The monoisotopic (exact) mass is 740 g/mol. The van der Waals surface area contributed by atoms with Gasteiger partial charge in [0, 0.05) is 71.7 Å². The maximum atomic E-state index is 6.25. The van der Waals surface area contributed by atoms with Crippen molar-refractivity contribution in [1.29, 1.82) is 0 Å². The van der Waals surface area contributed by atoms with Crippen LogP contribution < -0.4 is 53.2 Å². The minimum atomic E-state index is 0.165. The molecule has 2 saturated carbocycles. The van der Waals surface area contributed by atoms with Crippen LogP contribution >= 0.6 is 0 Å². The van der Waals surface area contributed by atoms with Gasteiger partial charge in [0.15, 0.2) is 0 Å².